The summed E-state index contributed by atoms with van der Waals surface area (Å²) in [6, 6.07) is 11.2. The summed E-state index contributed by atoms with van der Waals surface area (Å²) in [4.78, 5) is 12.9. The lowest BCUT2D eigenvalue weighted by molar-refractivity contribution is 0.192. The van der Waals surface area contributed by atoms with Gasteiger partial charge in [-0.3, -0.25) is 4.90 Å². The van der Waals surface area contributed by atoms with E-state index in [1.165, 1.54) is 29.8 Å². The van der Waals surface area contributed by atoms with Crippen molar-refractivity contribution in [1.29, 1.82) is 0 Å². The number of thiazole rings is 1. The molecule has 7 heteroatoms. The summed E-state index contributed by atoms with van der Waals surface area (Å²) in [5.41, 5.74) is 1.38. The first-order valence-electron chi connectivity index (χ1n) is 9.45. The number of aromatic nitrogens is 1. The van der Waals surface area contributed by atoms with Crippen LogP contribution < -0.4 is 10.6 Å². The maximum Gasteiger partial charge on any atom is 0.191 e. The predicted octanol–water partition coefficient (Wildman–Crippen LogP) is 3.79. The van der Waals surface area contributed by atoms with Gasteiger partial charge in [0.05, 0.1) is 6.54 Å². The van der Waals surface area contributed by atoms with E-state index in [4.69, 9.17) is 4.99 Å². The molecule has 0 amide bonds. The Labute approximate surface area is 183 Å². The van der Waals surface area contributed by atoms with Gasteiger partial charge >= 0.3 is 0 Å². The van der Waals surface area contributed by atoms with Crippen molar-refractivity contribution in [3.63, 3.8) is 0 Å². The quantitative estimate of drug-likeness (QED) is 0.361. The fraction of sp³-hybridized carbons (Fsp3) is 0.500. The van der Waals surface area contributed by atoms with E-state index in [0.717, 1.165) is 30.6 Å². The number of rotatable bonds is 6. The number of piperidine rings is 1. The molecule has 5 nitrogen and oxygen atoms in total. The molecule has 0 spiro atoms. The van der Waals surface area contributed by atoms with Crippen LogP contribution in [0, 0.1) is 6.92 Å². The molecule has 1 aliphatic rings. The van der Waals surface area contributed by atoms with Gasteiger partial charge in [-0.25, -0.2) is 9.98 Å². The van der Waals surface area contributed by atoms with Gasteiger partial charge in [0, 0.05) is 36.8 Å². The topological polar surface area (TPSA) is 52.6 Å². The summed E-state index contributed by atoms with van der Waals surface area (Å²) in [6.07, 6.45) is 4.32. The molecule has 1 aliphatic heterocycles. The molecule has 2 N–H and O–H groups in total. The zero-order valence-corrected chi connectivity index (χ0v) is 19.3. The zero-order chi connectivity index (χ0) is 18.2. The van der Waals surface area contributed by atoms with Crippen molar-refractivity contribution >= 4 is 41.3 Å². The van der Waals surface area contributed by atoms with Crippen LogP contribution in [0.4, 0.5) is 0 Å². The van der Waals surface area contributed by atoms with Crippen LogP contribution in [0.5, 0.6) is 0 Å². The normalized spacial score (nSPS) is 18.0. The molecule has 1 aromatic carbocycles. The summed E-state index contributed by atoms with van der Waals surface area (Å²) >= 11 is 1.71. The van der Waals surface area contributed by atoms with Crippen molar-refractivity contribution in [1.82, 2.24) is 20.5 Å². The Bertz CT molecular complexity index is 703. The van der Waals surface area contributed by atoms with E-state index in [1.807, 2.05) is 6.20 Å². The Morgan fingerprint density at radius 3 is 2.85 bits per heavy atom. The molecule has 1 atom stereocenters. The third-order valence-electron chi connectivity index (χ3n) is 4.48. The molecule has 0 bridgehead atoms. The SMILES string of the molecule is CCNC(=NCc1ncc(C)s1)NC1CCCN(Cc2ccccc2)C1.I. The molecule has 2 heterocycles. The lowest BCUT2D eigenvalue weighted by Gasteiger charge is -2.34. The molecule has 0 saturated carbocycles. The Morgan fingerprint density at radius 1 is 1.33 bits per heavy atom. The van der Waals surface area contributed by atoms with E-state index in [-0.39, 0.29) is 24.0 Å². The van der Waals surface area contributed by atoms with Gasteiger partial charge in [-0.1, -0.05) is 30.3 Å². The van der Waals surface area contributed by atoms with E-state index in [2.05, 4.69) is 64.7 Å². The summed E-state index contributed by atoms with van der Waals surface area (Å²) in [7, 11) is 0. The summed E-state index contributed by atoms with van der Waals surface area (Å²) in [6.45, 7) is 8.92. The van der Waals surface area contributed by atoms with Crippen LogP contribution in [-0.2, 0) is 13.1 Å². The number of nitrogens with one attached hydrogen (secondary N) is 2. The molecule has 0 radical (unpaired) electrons. The van der Waals surface area contributed by atoms with Crippen molar-refractivity contribution in [3.8, 4) is 0 Å². The highest BCUT2D eigenvalue weighted by Gasteiger charge is 2.20. The van der Waals surface area contributed by atoms with Crippen LogP contribution in [-0.4, -0.2) is 41.5 Å². The number of aliphatic imine (C=N–C) groups is 1. The molecule has 1 saturated heterocycles. The fourth-order valence-electron chi connectivity index (χ4n) is 3.29. The molecule has 2 aromatic rings. The zero-order valence-electron chi connectivity index (χ0n) is 16.1. The van der Waals surface area contributed by atoms with Crippen molar-refractivity contribution in [2.75, 3.05) is 19.6 Å². The standard InChI is InChI=1S/C20H29N5S.HI/c1-3-21-20(23-13-19-22-12-16(2)26-19)24-18-10-7-11-25(15-18)14-17-8-5-4-6-9-17;/h4-6,8-9,12,18H,3,7,10-11,13-15H2,1-2H3,(H2,21,23,24);1H. The fourth-order valence-corrected chi connectivity index (χ4v) is 4.00. The van der Waals surface area contributed by atoms with Gasteiger partial charge in [0.25, 0.3) is 0 Å². The average molecular weight is 499 g/mol. The number of benzene rings is 1. The number of nitrogens with zero attached hydrogens (tertiary/aromatic N) is 3. The van der Waals surface area contributed by atoms with E-state index >= 15 is 0 Å². The Hall–Kier alpha value is -1.19. The molecule has 1 aromatic heterocycles. The van der Waals surface area contributed by atoms with Gasteiger partial charge in [-0.15, -0.1) is 35.3 Å². The predicted molar refractivity (Wildman–Crippen MR) is 125 cm³/mol. The van der Waals surface area contributed by atoms with E-state index < -0.39 is 0 Å². The van der Waals surface area contributed by atoms with Gasteiger partial charge in [0.2, 0.25) is 0 Å². The molecule has 1 fully saturated rings. The minimum Gasteiger partial charge on any atom is -0.357 e. The van der Waals surface area contributed by atoms with Crippen LogP contribution in [0.1, 0.15) is 35.2 Å². The van der Waals surface area contributed by atoms with E-state index in [1.54, 1.807) is 11.3 Å². The van der Waals surface area contributed by atoms with Crippen LogP contribution in [0.3, 0.4) is 0 Å². The van der Waals surface area contributed by atoms with Crippen molar-refractivity contribution in [3.05, 3.63) is 52.0 Å². The monoisotopic (exact) mass is 499 g/mol. The Balaban J connectivity index is 0.00000261. The number of halogens is 1. The average Bonchev–Trinajstić information content (AvgIpc) is 3.06. The first-order valence-corrected chi connectivity index (χ1v) is 10.3. The van der Waals surface area contributed by atoms with E-state index in [0.29, 0.717) is 12.6 Å². The maximum atomic E-state index is 4.72. The van der Waals surface area contributed by atoms with Crippen LogP contribution in [0.25, 0.3) is 0 Å². The van der Waals surface area contributed by atoms with Gasteiger partial charge in [-0.05, 0) is 38.8 Å². The highest BCUT2D eigenvalue weighted by Crippen LogP contribution is 2.14. The minimum absolute atomic E-state index is 0. The summed E-state index contributed by atoms with van der Waals surface area (Å²) in [5, 5.41) is 8.06. The second kappa shape index (κ2) is 11.6. The van der Waals surface area contributed by atoms with Crippen molar-refractivity contribution < 1.29 is 0 Å². The second-order valence-corrected chi connectivity index (χ2v) is 8.08. The molecule has 3 rings (SSSR count). The minimum atomic E-state index is 0. The molecule has 0 aliphatic carbocycles. The third-order valence-corrected chi connectivity index (χ3v) is 5.38. The molecule has 27 heavy (non-hydrogen) atoms. The van der Waals surface area contributed by atoms with Crippen LogP contribution >= 0.6 is 35.3 Å². The maximum absolute atomic E-state index is 4.72. The highest BCUT2D eigenvalue weighted by atomic mass is 127. The number of guanidine groups is 1. The number of hydrogen-bond donors (Lipinski definition) is 2. The lowest BCUT2D eigenvalue weighted by atomic mass is 10.0. The Kier molecular flexibility index (Phi) is 9.50. The first-order chi connectivity index (χ1) is 12.7. The van der Waals surface area contributed by atoms with Crippen molar-refractivity contribution in [2.45, 2.75) is 45.8 Å². The Morgan fingerprint density at radius 2 is 2.15 bits per heavy atom. The smallest absolute Gasteiger partial charge is 0.191 e. The first kappa shape index (κ1) is 22.1. The van der Waals surface area contributed by atoms with Gasteiger partial charge in [0.15, 0.2) is 5.96 Å². The summed E-state index contributed by atoms with van der Waals surface area (Å²) in [5.74, 6) is 0.895. The second-order valence-electron chi connectivity index (χ2n) is 6.76. The van der Waals surface area contributed by atoms with Gasteiger partial charge < -0.3 is 10.6 Å². The van der Waals surface area contributed by atoms with Crippen molar-refractivity contribution in [2.24, 2.45) is 4.99 Å². The van der Waals surface area contributed by atoms with Crippen LogP contribution in [0.2, 0.25) is 0 Å². The lowest BCUT2D eigenvalue weighted by Crippen LogP contribution is -2.50. The molecular formula is C20H30IN5S. The molecule has 1 unspecified atom stereocenters. The molecule has 148 valence electrons. The van der Waals surface area contributed by atoms with Gasteiger partial charge in [0.1, 0.15) is 5.01 Å². The highest BCUT2D eigenvalue weighted by molar-refractivity contribution is 14.0. The number of hydrogen-bond acceptors (Lipinski definition) is 4. The number of aryl methyl sites for hydroxylation is 1. The van der Waals surface area contributed by atoms with Gasteiger partial charge in [-0.2, -0.15) is 0 Å². The van der Waals surface area contributed by atoms with E-state index in [9.17, 15) is 0 Å². The molecular weight excluding hydrogens is 469 g/mol. The summed E-state index contributed by atoms with van der Waals surface area (Å²) < 4.78 is 0. The largest absolute Gasteiger partial charge is 0.357 e. The third kappa shape index (κ3) is 7.38. The number of likely N-dealkylation sites (tertiary alicyclic amines) is 1. The van der Waals surface area contributed by atoms with Crippen LogP contribution in [0.15, 0.2) is 41.5 Å².